The van der Waals surface area contributed by atoms with Crippen LogP contribution in [0.1, 0.15) is 33.8 Å². The Morgan fingerprint density at radius 3 is 2.33 bits per heavy atom. The largest absolute Gasteiger partial charge is 0.481 e. The molecule has 0 amide bonds. The van der Waals surface area contributed by atoms with E-state index >= 15 is 0 Å². The highest BCUT2D eigenvalue weighted by atomic mass is 19.1. The SMILES string of the molecule is COC(=O)c1ccc([C@H]2C[C@@]2(Cc2ccc(F)cc2)C(=O)O)cc1. The number of rotatable bonds is 5. The van der Waals surface area contributed by atoms with Gasteiger partial charge in [-0.2, -0.15) is 0 Å². The zero-order valence-electron chi connectivity index (χ0n) is 13.2. The van der Waals surface area contributed by atoms with E-state index in [1.807, 2.05) is 0 Å². The van der Waals surface area contributed by atoms with Gasteiger partial charge in [0, 0.05) is 5.92 Å². The van der Waals surface area contributed by atoms with Gasteiger partial charge in [0.05, 0.1) is 18.1 Å². The van der Waals surface area contributed by atoms with E-state index in [9.17, 15) is 19.1 Å². The van der Waals surface area contributed by atoms with Crippen LogP contribution in [0.4, 0.5) is 4.39 Å². The van der Waals surface area contributed by atoms with Crippen molar-refractivity contribution in [3.8, 4) is 0 Å². The Hall–Kier alpha value is -2.69. The van der Waals surface area contributed by atoms with Crippen molar-refractivity contribution in [2.75, 3.05) is 7.11 Å². The van der Waals surface area contributed by atoms with Gasteiger partial charge in [0.1, 0.15) is 5.82 Å². The van der Waals surface area contributed by atoms with Crippen LogP contribution < -0.4 is 0 Å². The number of methoxy groups -OCH3 is 1. The van der Waals surface area contributed by atoms with Crippen molar-refractivity contribution >= 4 is 11.9 Å². The molecule has 1 aliphatic carbocycles. The second-order valence-corrected chi connectivity index (χ2v) is 6.13. The van der Waals surface area contributed by atoms with E-state index in [0.717, 1.165) is 11.1 Å². The number of carboxylic acid groups (broad SMARTS) is 1. The topological polar surface area (TPSA) is 63.6 Å². The van der Waals surface area contributed by atoms with Gasteiger partial charge in [0.2, 0.25) is 0 Å². The van der Waals surface area contributed by atoms with E-state index in [0.29, 0.717) is 18.4 Å². The molecule has 1 N–H and O–H groups in total. The molecule has 4 nitrogen and oxygen atoms in total. The third-order valence-electron chi connectivity index (χ3n) is 4.67. The van der Waals surface area contributed by atoms with E-state index < -0.39 is 17.4 Å². The fraction of sp³-hybridized carbons (Fsp3) is 0.263. The summed E-state index contributed by atoms with van der Waals surface area (Å²) in [5.74, 6) is -1.73. The predicted octanol–water partition coefficient (Wildman–Crippen LogP) is 3.41. The van der Waals surface area contributed by atoms with Crippen molar-refractivity contribution in [3.05, 3.63) is 71.0 Å². The van der Waals surface area contributed by atoms with Gasteiger partial charge < -0.3 is 9.84 Å². The van der Waals surface area contributed by atoms with Crippen LogP contribution in [0.3, 0.4) is 0 Å². The lowest BCUT2D eigenvalue weighted by Crippen LogP contribution is -2.20. The smallest absolute Gasteiger partial charge is 0.337 e. The van der Waals surface area contributed by atoms with Crippen molar-refractivity contribution in [2.45, 2.75) is 18.8 Å². The number of hydrogen-bond acceptors (Lipinski definition) is 3. The van der Waals surface area contributed by atoms with E-state index in [2.05, 4.69) is 4.74 Å². The summed E-state index contributed by atoms with van der Waals surface area (Å²) in [4.78, 5) is 23.3. The molecular formula is C19H17FO4. The van der Waals surface area contributed by atoms with Gasteiger partial charge in [-0.15, -0.1) is 0 Å². The van der Waals surface area contributed by atoms with Gasteiger partial charge in [0.15, 0.2) is 0 Å². The van der Waals surface area contributed by atoms with Gasteiger partial charge in [-0.05, 0) is 48.2 Å². The zero-order valence-corrected chi connectivity index (χ0v) is 13.2. The standard InChI is InChI=1S/C19H17FO4/c1-24-17(21)14-6-4-13(5-7-14)16-11-19(16,18(22)23)10-12-2-8-15(20)9-3-12/h2-9,16H,10-11H2,1H3,(H,22,23)/t16-,19-/m1/s1. The Kier molecular flexibility index (Phi) is 4.09. The Labute approximate surface area is 138 Å². The molecule has 1 fully saturated rings. The molecule has 0 radical (unpaired) electrons. The molecule has 2 aromatic carbocycles. The normalized spacial score (nSPS) is 22.0. The van der Waals surface area contributed by atoms with Crippen molar-refractivity contribution < 1.29 is 23.8 Å². The van der Waals surface area contributed by atoms with Gasteiger partial charge in [-0.1, -0.05) is 24.3 Å². The van der Waals surface area contributed by atoms with Gasteiger partial charge in [0.25, 0.3) is 0 Å². The summed E-state index contributed by atoms with van der Waals surface area (Å²) < 4.78 is 17.7. The Bertz CT molecular complexity index is 767. The number of benzene rings is 2. The summed E-state index contributed by atoms with van der Waals surface area (Å²) in [7, 11) is 1.31. The average molecular weight is 328 g/mol. The molecule has 0 spiro atoms. The lowest BCUT2D eigenvalue weighted by Gasteiger charge is -2.13. The first-order chi connectivity index (χ1) is 11.5. The number of aliphatic carboxylic acids is 1. The Morgan fingerprint density at radius 1 is 1.17 bits per heavy atom. The van der Waals surface area contributed by atoms with E-state index in [-0.39, 0.29) is 11.7 Å². The van der Waals surface area contributed by atoms with Gasteiger partial charge in [-0.3, -0.25) is 4.79 Å². The molecule has 1 saturated carbocycles. The molecule has 3 rings (SSSR count). The van der Waals surface area contributed by atoms with Crippen LogP contribution in [-0.2, 0) is 16.0 Å². The second-order valence-electron chi connectivity index (χ2n) is 6.13. The molecule has 124 valence electrons. The molecule has 0 aromatic heterocycles. The summed E-state index contributed by atoms with van der Waals surface area (Å²) in [6, 6.07) is 12.7. The maximum atomic E-state index is 13.0. The molecule has 2 aromatic rings. The number of hydrogen-bond donors (Lipinski definition) is 1. The van der Waals surface area contributed by atoms with Crippen molar-refractivity contribution in [2.24, 2.45) is 5.41 Å². The fourth-order valence-corrected chi connectivity index (χ4v) is 3.19. The summed E-state index contributed by atoms with van der Waals surface area (Å²) in [6.45, 7) is 0. The number of carboxylic acids is 1. The first-order valence-corrected chi connectivity index (χ1v) is 7.62. The zero-order chi connectivity index (χ0) is 17.3. The minimum atomic E-state index is -0.870. The van der Waals surface area contributed by atoms with Crippen LogP contribution in [0.2, 0.25) is 0 Å². The number of carbonyl (C=O) groups is 2. The van der Waals surface area contributed by atoms with Crippen LogP contribution in [0.25, 0.3) is 0 Å². The van der Waals surface area contributed by atoms with E-state index in [1.165, 1.54) is 19.2 Å². The van der Waals surface area contributed by atoms with Gasteiger partial charge >= 0.3 is 11.9 Å². The Balaban J connectivity index is 1.81. The third kappa shape index (κ3) is 2.89. The third-order valence-corrected chi connectivity index (χ3v) is 4.67. The molecule has 0 aliphatic heterocycles. The lowest BCUT2D eigenvalue weighted by atomic mass is 9.91. The summed E-state index contributed by atoms with van der Waals surface area (Å²) in [5, 5.41) is 9.68. The minimum absolute atomic E-state index is 0.119. The predicted molar refractivity (Wildman–Crippen MR) is 85.3 cm³/mol. The van der Waals surface area contributed by atoms with E-state index in [1.54, 1.807) is 36.4 Å². The average Bonchev–Trinajstić information content (AvgIpc) is 3.32. The molecule has 0 saturated heterocycles. The highest BCUT2D eigenvalue weighted by Gasteiger charge is 2.60. The van der Waals surface area contributed by atoms with Crippen LogP contribution in [0.5, 0.6) is 0 Å². The van der Waals surface area contributed by atoms with Crippen molar-refractivity contribution in [1.29, 1.82) is 0 Å². The number of ether oxygens (including phenoxy) is 1. The number of halogens is 1. The monoisotopic (exact) mass is 328 g/mol. The van der Waals surface area contributed by atoms with Crippen molar-refractivity contribution in [3.63, 3.8) is 0 Å². The maximum absolute atomic E-state index is 13.0. The highest BCUT2D eigenvalue weighted by molar-refractivity contribution is 5.89. The first-order valence-electron chi connectivity index (χ1n) is 7.62. The van der Waals surface area contributed by atoms with Crippen LogP contribution in [0.15, 0.2) is 48.5 Å². The molecule has 5 heteroatoms. The first kappa shape index (κ1) is 16.2. The minimum Gasteiger partial charge on any atom is -0.481 e. The molecule has 1 aliphatic rings. The molecular weight excluding hydrogens is 311 g/mol. The molecule has 0 unspecified atom stereocenters. The summed E-state index contributed by atoms with van der Waals surface area (Å²) in [5.41, 5.74) is 1.24. The maximum Gasteiger partial charge on any atom is 0.337 e. The number of esters is 1. The quantitative estimate of drug-likeness (QED) is 0.854. The van der Waals surface area contributed by atoms with Crippen LogP contribution in [0, 0.1) is 11.2 Å². The molecule has 2 atom stereocenters. The molecule has 0 bridgehead atoms. The van der Waals surface area contributed by atoms with Crippen LogP contribution in [-0.4, -0.2) is 24.2 Å². The van der Waals surface area contributed by atoms with Crippen molar-refractivity contribution in [1.82, 2.24) is 0 Å². The second kappa shape index (κ2) is 6.07. The fourth-order valence-electron chi connectivity index (χ4n) is 3.19. The van der Waals surface area contributed by atoms with Gasteiger partial charge in [-0.25, -0.2) is 9.18 Å². The number of carbonyl (C=O) groups excluding carboxylic acids is 1. The molecule has 24 heavy (non-hydrogen) atoms. The highest BCUT2D eigenvalue weighted by Crippen LogP contribution is 2.61. The van der Waals surface area contributed by atoms with Crippen LogP contribution >= 0.6 is 0 Å². The Morgan fingerprint density at radius 2 is 1.79 bits per heavy atom. The summed E-state index contributed by atoms with van der Waals surface area (Å²) >= 11 is 0. The lowest BCUT2D eigenvalue weighted by molar-refractivity contribution is -0.143. The van der Waals surface area contributed by atoms with E-state index in [4.69, 9.17) is 0 Å². The summed E-state index contributed by atoms with van der Waals surface area (Å²) in [6.07, 6.45) is 0.878. The molecule has 0 heterocycles.